The molecule has 32 heavy (non-hydrogen) atoms. The molecule has 0 saturated carbocycles. The Morgan fingerprint density at radius 3 is 2.28 bits per heavy atom. The molecular weight excluding hydrogens is 410 g/mol. The normalized spacial score (nSPS) is 13.3. The minimum Gasteiger partial charge on any atom is -0.508 e. The standard InChI is InChI=1S/C24H39N3O5/c1-9-10-17(5)26-22(30)21(18-11-12-19(28)16(4)13-18)27(15(2)3)20(29)14-25-23(31)32-24(6,7)8/h11-13,15,17,21,28H,9-10,14H2,1-8H3,(H,25,31)(H,26,30). The van der Waals surface area contributed by atoms with Gasteiger partial charge in [-0.1, -0.05) is 19.4 Å². The molecule has 8 heteroatoms. The quantitative estimate of drug-likeness (QED) is 0.531. The number of aryl methyl sites for hydroxylation is 1. The fourth-order valence-electron chi connectivity index (χ4n) is 3.40. The number of phenols is 1. The highest BCUT2D eigenvalue weighted by Crippen LogP contribution is 2.28. The van der Waals surface area contributed by atoms with Crippen molar-refractivity contribution in [3.63, 3.8) is 0 Å². The first kappa shape index (κ1) is 27.3. The van der Waals surface area contributed by atoms with Crippen LogP contribution >= 0.6 is 0 Å². The molecule has 8 nitrogen and oxygen atoms in total. The minimum atomic E-state index is -0.915. The number of carbonyl (C=O) groups is 3. The van der Waals surface area contributed by atoms with Crippen LogP contribution in [0.3, 0.4) is 0 Å². The van der Waals surface area contributed by atoms with Crippen molar-refractivity contribution >= 4 is 17.9 Å². The number of rotatable bonds is 9. The number of hydrogen-bond donors (Lipinski definition) is 3. The zero-order chi connectivity index (χ0) is 24.6. The third-order valence-electron chi connectivity index (χ3n) is 4.80. The number of amides is 3. The van der Waals surface area contributed by atoms with E-state index < -0.39 is 23.6 Å². The summed E-state index contributed by atoms with van der Waals surface area (Å²) in [6.07, 6.45) is 1.02. The lowest BCUT2D eigenvalue weighted by atomic mass is 9.99. The van der Waals surface area contributed by atoms with E-state index in [-0.39, 0.29) is 30.3 Å². The average molecular weight is 450 g/mol. The molecule has 1 rings (SSSR count). The number of phenolic OH excluding ortho intramolecular Hbond substituents is 1. The Morgan fingerprint density at radius 2 is 1.78 bits per heavy atom. The number of ether oxygens (including phenoxy) is 1. The largest absolute Gasteiger partial charge is 0.508 e. The van der Waals surface area contributed by atoms with Gasteiger partial charge in [0, 0.05) is 12.1 Å². The lowest BCUT2D eigenvalue weighted by molar-refractivity contribution is -0.142. The molecule has 0 aliphatic heterocycles. The van der Waals surface area contributed by atoms with E-state index in [9.17, 15) is 19.5 Å². The van der Waals surface area contributed by atoms with Gasteiger partial charge in [0.15, 0.2) is 0 Å². The first-order valence-electron chi connectivity index (χ1n) is 11.1. The number of carbonyl (C=O) groups excluding carboxylic acids is 3. The van der Waals surface area contributed by atoms with Crippen LogP contribution in [0, 0.1) is 6.92 Å². The summed E-state index contributed by atoms with van der Waals surface area (Å²) in [5.41, 5.74) is 0.498. The average Bonchev–Trinajstić information content (AvgIpc) is 2.64. The molecule has 180 valence electrons. The highest BCUT2D eigenvalue weighted by molar-refractivity contribution is 5.90. The molecule has 0 aromatic heterocycles. The predicted molar refractivity (Wildman–Crippen MR) is 124 cm³/mol. The molecule has 0 radical (unpaired) electrons. The number of nitrogens with zero attached hydrogens (tertiary/aromatic N) is 1. The zero-order valence-electron chi connectivity index (χ0n) is 20.6. The van der Waals surface area contributed by atoms with Gasteiger partial charge in [-0.3, -0.25) is 9.59 Å². The molecule has 0 saturated heterocycles. The van der Waals surface area contributed by atoms with Crippen molar-refractivity contribution in [2.24, 2.45) is 0 Å². The van der Waals surface area contributed by atoms with Crippen LogP contribution in [0.4, 0.5) is 4.79 Å². The van der Waals surface area contributed by atoms with Gasteiger partial charge in [0.25, 0.3) is 0 Å². The van der Waals surface area contributed by atoms with Crippen LogP contribution in [-0.2, 0) is 14.3 Å². The van der Waals surface area contributed by atoms with Gasteiger partial charge in [0.1, 0.15) is 23.9 Å². The molecule has 0 aliphatic rings. The van der Waals surface area contributed by atoms with Crippen LogP contribution in [0.15, 0.2) is 18.2 Å². The van der Waals surface area contributed by atoms with E-state index in [1.807, 2.05) is 27.7 Å². The highest BCUT2D eigenvalue weighted by Gasteiger charge is 2.34. The molecular formula is C24H39N3O5. The van der Waals surface area contributed by atoms with Crippen molar-refractivity contribution in [2.75, 3.05) is 6.54 Å². The van der Waals surface area contributed by atoms with Crippen molar-refractivity contribution in [3.05, 3.63) is 29.3 Å². The van der Waals surface area contributed by atoms with Crippen molar-refractivity contribution in [1.29, 1.82) is 0 Å². The third-order valence-corrected chi connectivity index (χ3v) is 4.80. The Bertz CT molecular complexity index is 801. The SMILES string of the molecule is CCCC(C)NC(=O)C(c1ccc(O)c(C)c1)N(C(=O)CNC(=O)OC(C)(C)C)C(C)C. The van der Waals surface area contributed by atoms with Crippen LogP contribution < -0.4 is 10.6 Å². The number of aromatic hydroxyl groups is 1. The summed E-state index contributed by atoms with van der Waals surface area (Å²) in [6, 6.07) is 3.56. The van der Waals surface area contributed by atoms with Gasteiger partial charge in [-0.05, 0) is 78.1 Å². The second-order valence-electron chi connectivity index (χ2n) is 9.40. The Kier molecular flexibility index (Phi) is 10.0. The summed E-state index contributed by atoms with van der Waals surface area (Å²) in [5, 5.41) is 15.4. The van der Waals surface area contributed by atoms with Crippen LogP contribution in [0.2, 0.25) is 0 Å². The van der Waals surface area contributed by atoms with Crippen molar-refractivity contribution < 1.29 is 24.2 Å². The molecule has 1 aromatic carbocycles. The summed E-state index contributed by atoms with van der Waals surface area (Å²) >= 11 is 0. The van der Waals surface area contributed by atoms with Crippen LogP contribution in [0.25, 0.3) is 0 Å². The van der Waals surface area contributed by atoms with E-state index in [0.717, 1.165) is 12.8 Å². The van der Waals surface area contributed by atoms with Crippen LogP contribution in [-0.4, -0.2) is 52.1 Å². The Balaban J connectivity index is 3.23. The number of alkyl carbamates (subject to hydrolysis) is 1. The molecule has 1 aromatic rings. The number of nitrogens with one attached hydrogen (secondary N) is 2. The lowest BCUT2D eigenvalue weighted by Gasteiger charge is -2.35. The smallest absolute Gasteiger partial charge is 0.408 e. The maximum Gasteiger partial charge on any atom is 0.408 e. The van der Waals surface area contributed by atoms with Gasteiger partial charge in [-0.2, -0.15) is 0 Å². The molecule has 0 bridgehead atoms. The van der Waals surface area contributed by atoms with E-state index in [2.05, 4.69) is 10.6 Å². The maximum atomic E-state index is 13.3. The molecule has 2 atom stereocenters. The molecule has 3 N–H and O–H groups in total. The summed E-state index contributed by atoms with van der Waals surface area (Å²) in [4.78, 5) is 40.0. The third kappa shape index (κ3) is 8.40. The van der Waals surface area contributed by atoms with E-state index in [0.29, 0.717) is 11.1 Å². The monoisotopic (exact) mass is 449 g/mol. The molecule has 3 amide bonds. The lowest BCUT2D eigenvalue weighted by Crippen LogP contribution is -2.51. The highest BCUT2D eigenvalue weighted by atomic mass is 16.6. The van der Waals surface area contributed by atoms with Gasteiger partial charge < -0.3 is 25.4 Å². The fourth-order valence-corrected chi connectivity index (χ4v) is 3.40. The Morgan fingerprint density at radius 1 is 1.16 bits per heavy atom. The topological polar surface area (TPSA) is 108 Å². The van der Waals surface area contributed by atoms with Gasteiger partial charge in [-0.25, -0.2) is 4.79 Å². The van der Waals surface area contributed by atoms with E-state index >= 15 is 0 Å². The molecule has 0 aliphatic carbocycles. The summed E-state index contributed by atoms with van der Waals surface area (Å²) in [7, 11) is 0. The van der Waals surface area contributed by atoms with E-state index in [1.165, 1.54) is 11.0 Å². The first-order valence-corrected chi connectivity index (χ1v) is 11.1. The zero-order valence-corrected chi connectivity index (χ0v) is 20.6. The Labute approximate surface area is 191 Å². The molecule has 0 heterocycles. The Hall–Kier alpha value is -2.77. The van der Waals surface area contributed by atoms with Crippen molar-refractivity contribution in [2.45, 2.75) is 92.0 Å². The van der Waals surface area contributed by atoms with Crippen LogP contribution in [0.5, 0.6) is 5.75 Å². The van der Waals surface area contributed by atoms with Gasteiger partial charge in [0.2, 0.25) is 11.8 Å². The van der Waals surface area contributed by atoms with E-state index in [4.69, 9.17) is 4.74 Å². The van der Waals surface area contributed by atoms with Crippen molar-refractivity contribution in [1.82, 2.24) is 15.5 Å². The van der Waals surface area contributed by atoms with Gasteiger partial charge >= 0.3 is 6.09 Å². The number of benzene rings is 1. The minimum absolute atomic E-state index is 0.0581. The summed E-state index contributed by atoms with van der Waals surface area (Å²) in [5.74, 6) is -0.614. The van der Waals surface area contributed by atoms with Crippen molar-refractivity contribution in [3.8, 4) is 5.75 Å². The summed E-state index contributed by atoms with van der Waals surface area (Å²) < 4.78 is 5.20. The predicted octanol–water partition coefficient (Wildman–Crippen LogP) is 3.81. The first-order chi connectivity index (χ1) is 14.8. The fraction of sp³-hybridized carbons (Fsp3) is 0.625. The van der Waals surface area contributed by atoms with Gasteiger partial charge in [0.05, 0.1) is 0 Å². The second-order valence-corrected chi connectivity index (χ2v) is 9.40. The number of hydrogen-bond acceptors (Lipinski definition) is 5. The van der Waals surface area contributed by atoms with Crippen LogP contribution in [0.1, 0.15) is 78.5 Å². The summed E-state index contributed by atoms with van der Waals surface area (Å²) in [6.45, 7) is 14.2. The maximum absolute atomic E-state index is 13.3. The molecule has 0 fully saturated rings. The molecule has 2 unspecified atom stereocenters. The van der Waals surface area contributed by atoms with Gasteiger partial charge in [-0.15, -0.1) is 0 Å². The molecule has 0 spiro atoms. The second kappa shape index (κ2) is 11.7. The van der Waals surface area contributed by atoms with E-state index in [1.54, 1.807) is 39.8 Å².